The second-order valence-corrected chi connectivity index (χ2v) is 14.9. The van der Waals surface area contributed by atoms with E-state index in [0.29, 0.717) is 0 Å². The average Bonchev–Trinajstić information content (AvgIpc) is 3.79. The van der Waals surface area contributed by atoms with Crippen molar-refractivity contribution in [1.29, 1.82) is 0 Å². The highest BCUT2D eigenvalue weighted by Gasteiger charge is 2.37. The van der Waals surface area contributed by atoms with E-state index in [0.717, 1.165) is 27.9 Å². The number of hydrogen-bond acceptors (Lipinski definition) is 4. The Hall–Kier alpha value is -4.64. The number of para-hydroxylation sites is 2. The lowest BCUT2D eigenvalue weighted by molar-refractivity contribution is 0.658. The predicted octanol–water partition coefficient (Wildman–Crippen LogP) is 12.6. The standard InChI is InChI=1S/C39H20O2S2/c1-39(2)21-10-12-24-31-29(21)30-22(39)11-14-27-33(30)36-35-28(42-26-15-13-25(40-24)32(31)34(26)35)16-20(38(36)43-27)19-8-5-7-18-17-6-3-4-9-23(17)41-37(18)19/h3-16H,1-2H3. The van der Waals surface area contributed by atoms with Crippen LogP contribution >= 0.6 is 22.7 Å². The summed E-state index contributed by atoms with van der Waals surface area (Å²) >= 11 is 3.84. The van der Waals surface area contributed by atoms with Gasteiger partial charge in [0.2, 0.25) is 0 Å². The van der Waals surface area contributed by atoms with E-state index >= 15 is 0 Å². The van der Waals surface area contributed by atoms with Crippen LogP contribution in [0.1, 0.15) is 25.0 Å². The molecule has 0 saturated heterocycles. The minimum absolute atomic E-state index is 0.0909. The van der Waals surface area contributed by atoms with E-state index in [9.17, 15) is 0 Å². The smallest absolute Gasteiger partial charge is 0.143 e. The molecule has 1 aliphatic rings. The Morgan fingerprint density at radius 2 is 1.16 bits per heavy atom. The van der Waals surface area contributed by atoms with E-state index in [1.54, 1.807) is 0 Å². The lowest BCUT2D eigenvalue weighted by Crippen LogP contribution is -2.15. The lowest BCUT2D eigenvalue weighted by Gasteiger charge is -2.21. The third kappa shape index (κ3) is 2.27. The fraction of sp³-hybridized carbons (Fsp3) is 0.0769. The van der Waals surface area contributed by atoms with Gasteiger partial charge in [0.05, 0.1) is 0 Å². The molecule has 4 heteroatoms. The van der Waals surface area contributed by atoms with Crippen molar-refractivity contribution in [3.05, 3.63) is 96.1 Å². The highest BCUT2D eigenvalue weighted by molar-refractivity contribution is 7.28. The molecular weight excluding hydrogens is 565 g/mol. The quantitative estimate of drug-likeness (QED) is 0.192. The average molecular weight is 585 g/mol. The van der Waals surface area contributed by atoms with Crippen LogP contribution in [0, 0.1) is 0 Å². The van der Waals surface area contributed by atoms with E-state index in [1.165, 1.54) is 89.4 Å². The van der Waals surface area contributed by atoms with Crippen molar-refractivity contribution < 1.29 is 8.83 Å². The van der Waals surface area contributed by atoms with Crippen molar-refractivity contribution in [2.45, 2.75) is 19.3 Å². The van der Waals surface area contributed by atoms with Crippen molar-refractivity contribution >= 4 is 118 Å². The van der Waals surface area contributed by atoms with Crippen LogP contribution in [-0.4, -0.2) is 0 Å². The maximum Gasteiger partial charge on any atom is 0.143 e. The third-order valence-corrected chi connectivity index (χ3v) is 12.7. The minimum Gasteiger partial charge on any atom is -0.456 e. The number of fused-ring (bicyclic) bond motifs is 3. The van der Waals surface area contributed by atoms with Gasteiger partial charge in [-0.1, -0.05) is 62.4 Å². The first-order chi connectivity index (χ1) is 21.1. The van der Waals surface area contributed by atoms with Crippen LogP contribution in [0.2, 0.25) is 0 Å². The Bertz CT molecular complexity index is 3030. The molecule has 0 radical (unpaired) electrons. The van der Waals surface area contributed by atoms with Crippen LogP contribution in [0.25, 0.3) is 106 Å². The molecule has 0 bridgehead atoms. The normalized spacial score (nSPS) is 14.9. The number of thiophene rings is 2. The summed E-state index contributed by atoms with van der Waals surface area (Å²) < 4.78 is 18.5. The Balaban J connectivity index is 1.41. The van der Waals surface area contributed by atoms with Gasteiger partial charge in [-0.15, -0.1) is 22.7 Å². The molecule has 12 rings (SSSR count). The molecule has 2 nitrogen and oxygen atoms in total. The van der Waals surface area contributed by atoms with Gasteiger partial charge in [-0.3, -0.25) is 0 Å². The fourth-order valence-corrected chi connectivity index (χ4v) is 11.0. The van der Waals surface area contributed by atoms with Crippen LogP contribution < -0.4 is 0 Å². The van der Waals surface area contributed by atoms with Crippen molar-refractivity contribution in [3.8, 4) is 11.1 Å². The summed E-state index contributed by atoms with van der Waals surface area (Å²) in [6.07, 6.45) is 0. The Morgan fingerprint density at radius 3 is 2.07 bits per heavy atom. The first-order valence-corrected chi connectivity index (χ1v) is 16.4. The predicted molar refractivity (Wildman–Crippen MR) is 184 cm³/mol. The minimum atomic E-state index is -0.0909. The first-order valence-electron chi connectivity index (χ1n) is 14.8. The monoisotopic (exact) mass is 584 g/mol. The van der Waals surface area contributed by atoms with Gasteiger partial charge in [-0.25, -0.2) is 0 Å². The van der Waals surface area contributed by atoms with Gasteiger partial charge >= 0.3 is 0 Å². The number of rotatable bonds is 1. The van der Waals surface area contributed by atoms with Crippen LogP contribution in [0.15, 0.2) is 93.8 Å². The Morgan fingerprint density at radius 1 is 0.488 bits per heavy atom. The van der Waals surface area contributed by atoms with Crippen LogP contribution in [0.5, 0.6) is 0 Å². The Labute approximate surface area is 252 Å². The van der Waals surface area contributed by atoms with Gasteiger partial charge in [-0.05, 0) is 58.3 Å². The van der Waals surface area contributed by atoms with E-state index in [2.05, 4.69) is 98.8 Å². The maximum atomic E-state index is 6.61. The summed E-state index contributed by atoms with van der Waals surface area (Å²) in [7, 11) is 0. The van der Waals surface area contributed by atoms with Gasteiger partial charge in [0.25, 0.3) is 0 Å². The van der Waals surface area contributed by atoms with Gasteiger partial charge < -0.3 is 8.83 Å². The molecule has 0 N–H and O–H groups in total. The van der Waals surface area contributed by atoms with Crippen LogP contribution in [-0.2, 0) is 5.41 Å². The molecule has 0 spiro atoms. The topological polar surface area (TPSA) is 26.3 Å². The zero-order chi connectivity index (χ0) is 27.9. The highest BCUT2D eigenvalue weighted by Crippen LogP contribution is 2.59. The largest absolute Gasteiger partial charge is 0.456 e. The second kappa shape index (κ2) is 6.78. The van der Waals surface area contributed by atoms with Gasteiger partial charge in [0, 0.05) is 78.4 Å². The van der Waals surface area contributed by atoms with Crippen molar-refractivity contribution in [2.24, 2.45) is 0 Å². The van der Waals surface area contributed by atoms with Crippen LogP contribution in [0.3, 0.4) is 0 Å². The summed E-state index contributed by atoms with van der Waals surface area (Å²) in [6.45, 7) is 4.77. The SMILES string of the molecule is CC1(C)c2ccc3oc4ccc5sc6cc(-c7cccc8c7oc7ccccc78)c7sc8ccc1c1c2c3c4c5c6c7c81. The molecule has 0 saturated carbocycles. The van der Waals surface area contributed by atoms with E-state index in [1.807, 2.05) is 22.7 Å². The van der Waals surface area contributed by atoms with Gasteiger partial charge in [-0.2, -0.15) is 0 Å². The van der Waals surface area contributed by atoms with Gasteiger partial charge in [0.1, 0.15) is 22.3 Å². The summed E-state index contributed by atoms with van der Waals surface area (Å²) in [4.78, 5) is 0. The molecule has 4 aromatic heterocycles. The van der Waals surface area contributed by atoms with E-state index in [-0.39, 0.29) is 5.41 Å². The third-order valence-electron chi connectivity index (χ3n) is 10.4. The van der Waals surface area contributed by atoms with Crippen molar-refractivity contribution in [2.75, 3.05) is 0 Å². The van der Waals surface area contributed by atoms with Crippen molar-refractivity contribution in [1.82, 2.24) is 0 Å². The Kier molecular flexibility index (Phi) is 3.46. The summed E-state index contributed by atoms with van der Waals surface area (Å²) in [5.74, 6) is 0. The molecule has 4 heterocycles. The molecule has 0 atom stereocenters. The first kappa shape index (κ1) is 22.0. The molecular formula is C39H20O2S2. The zero-order valence-corrected chi connectivity index (χ0v) is 24.8. The summed E-state index contributed by atoms with van der Waals surface area (Å²) in [6, 6.07) is 31.2. The highest BCUT2D eigenvalue weighted by atomic mass is 32.1. The van der Waals surface area contributed by atoms with Gasteiger partial charge in [0.15, 0.2) is 0 Å². The zero-order valence-electron chi connectivity index (χ0n) is 23.2. The molecule has 43 heavy (non-hydrogen) atoms. The number of furan rings is 2. The molecule has 11 aromatic rings. The molecule has 0 amide bonds. The molecule has 1 aliphatic carbocycles. The summed E-state index contributed by atoms with van der Waals surface area (Å²) in [5.41, 5.74) is 9.02. The fourth-order valence-electron chi connectivity index (χ4n) is 8.59. The molecule has 0 unspecified atom stereocenters. The maximum absolute atomic E-state index is 6.61. The second-order valence-electron chi connectivity index (χ2n) is 12.7. The van der Waals surface area contributed by atoms with E-state index < -0.39 is 0 Å². The number of hydrogen-bond donors (Lipinski definition) is 0. The van der Waals surface area contributed by atoms with Crippen molar-refractivity contribution in [3.63, 3.8) is 0 Å². The molecule has 0 fully saturated rings. The summed E-state index contributed by atoms with van der Waals surface area (Å²) in [5, 5.41) is 13.2. The van der Waals surface area contributed by atoms with Crippen LogP contribution in [0.4, 0.5) is 0 Å². The molecule has 0 aliphatic heterocycles. The van der Waals surface area contributed by atoms with E-state index in [4.69, 9.17) is 8.83 Å². The molecule has 200 valence electrons. The number of benzene rings is 6. The molecule has 7 aromatic carbocycles. The lowest BCUT2D eigenvalue weighted by atomic mass is 9.81.